The summed E-state index contributed by atoms with van der Waals surface area (Å²) in [5, 5.41) is 11.9. The van der Waals surface area contributed by atoms with Gasteiger partial charge in [0.2, 0.25) is 5.95 Å². The Hall–Kier alpha value is -2.58. The second-order valence-electron chi connectivity index (χ2n) is 9.82. The summed E-state index contributed by atoms with van der Waals surface area (Å²) in [6, 6.07) is 5.60. The van der Waals surface area contributed by atoms with Gasteiger partial charge in [-0.3, -0.25) is 0 Å². The average molecular weight is 448 g/mol. The lowest BCUT2D eigenvalue weighted by Gasteiger charge is -2.33. The van der Waals surface area contributed by atoms with Crippen molar-refractivity contribution in [1.82, 2.24) is 29.9 Å². The molecule has 0 spiro atoms. The standard InChI is InChI=1S/C25H33N7O/c1-2-17(3-1)21-16-27-32-13-9-23(30-24(21)32)22-8-12-26-25(31-22)29-19-6-4-18(5-7-19)28-20-10-14-33-15-11-20/h8-9,12-13,16-20,28H,1-7,10-11,14-15H2,(H,26,29,31)/t18-,19-. The summed E-state index contributed by atoms with van der Waals surface area (Å²) in [5.41, 5.74) is 3.95. The van der Waals surface area contributed by atoms with E-state index in [4.69, 9.17) is 14.7 Å². The fourth-order valence-corrected chi connectivity index (χ4v) is 5.39. The van der Waals surface area contributed by atoms with Crippen molar-refractivity contribution in [2.75, 3.05) is 18.5 Å². The SMILES string of the molecule is c1cc(-c2ccn3ncc(C4CCC4)c3n2)nc(N[C@H]2CC[C@H](NC3CCOCC3)CC2)n1. The Morgan fingerprint density at radius 2 is 1.61 bits per heavy atom. The van der Waals surface area contributed by atoms with Gasteiger partial charge in [-0.25, -0.2) is 19.5 Å². The first-order valence-electron chi connectivity index (χ1n) is 12.6. The van der Waals surface area contributed by atoms with Crippen LogP contribution in [-0.4, -0.2) is 55.9 Å². The molecule has 2 saturated carbocycles. The Bertz CT molecular complexity index is 1080. The van der Waals surface area contributed by atoms with Gasteiger partial charge in [0, 0.05) is 49.3 Å². The van der Waals surface area contributed by atoms with Gasteiger partial charge in [-0.2, -0.15) is 5.10 Å². The molecule has 174 valence electrons. The van der Waals surface area contributed by atoms with Crippen LogP contribution in [0.3, 0.4) is 0 Å². The Morgan fingerprint density at radius 1 is 0.848 bits per heavy atom. The van der Waals surface area contributed by atoms with Gasteiger partial charge in [0.15, 0.2) is 5.65 Å². The van der Waals surface area contributed by atoms with Crippen LogP contribution >= 0.6 is 0 Å². The molecule has 8 heteroatoms. The highest BCUT2D eigenvalue weighted by atomic mass is 16.5. The van der Waals surface area contributed by atoms with Crippen molar-refractivity contribution in [2.24, 2.45) is 0 Å². The molecule has 0 radical (unpaired) electrons. The molecular weight excluding hydrogens is 414 g/mol. The van der Waals surface area contributed by atoms with Crippen LogP contribution in [0.1, 0.15) is 69.3 Å². The number of rotatable bonds is 6. The molecule has 2 N–H and O–H groups in total. The monoisotopic (exact) mass is 447 g/mol. The Kier molecular flexibility index (Phi) is 5.94. The van der Waals surface area contributed by atoms with Gasteiger partial charge in [-0.1, -0.05) is 6.42 Å². The van der Waals surface area contributed by atoms with Crippen molar-refractivity contribution in [1.29, 1.82) is 0 Å². The molecule has 2 aliphatic carbocycles. The highest BCUT2D eigenvalue weighted by molar-refractivity contribution is 5.60. The summed E-state index contributed by atoms with van der Waals surface area (Å²) in [4.78, 5) is 14.2. The third-order valence-electron chi connectivity index (χ3n) is 7.61. The number of aromatic nitrogens is 5. The van der Waals surface area contributed by atoms with Crippen molar-refractivity contribution in [3.8, 4) is 11.4 Å². The number of anilines is 1. The zero-order chi connectivity index (χ0) is 22.0. The number of nitrogens with one attached hydrogen (secondary N) is 2. The van der Waals surface area contributed by atoms with Crippen LogP contribution in [0, 0.1) is 0 Å². The van der Waals surface area contributed by atoms with Gasteiger partial charge < -0.3 is 15.4 Å². The first-order valence-corrected chi connectivity index (χ1v) is 12.6. The highest BCUT2D eigenvalue weighted by Crippen LogP contribution is 2.38. The number of hydrogen-bond acceptors (Lipinski definition) is 7. The zero-order valence-electron chi connectivity index (χ0n) is 19.1. The quantitative estimate of drug-likeness (QED) is 0.591. The normalized spacial score (nSPS) is 24.6. The summed E-state index contributed by atoms with van der Waals surface area (Å²) < 4.78 is 7.36. The van der Waals surface area contributed by atoms with E-state index in [2.05, 4.69) is 20.7 Å². The molecule has 1 aliphatic heterocycles. The van der Waals surface area contributed by atoms with Crippen molar-refractivity contribution in [3.05, 3.63) is 36.3 Å². The molecule has 4 heterocycles. The molecule has 0 aromatic carbocycles. The van der Waals surface area contributed by atoms with Crippen LogP contribution in [0.15, 0.2) is 30.7 Å². The number of nitrogens with zero attached hydrogens (tertiary/aromatic N) is 5. The average Bonchev–Trinajstić information content (AvgIpc) is 3.23. The minimum atomic E-state index is 0.420. The minimum Gasteiger partial charge on any atom is -0.381 e. The predicted octanol–water partition coefficient (Wildman–Crippen LogP) is 3.95. The van der Waals surface area contributed by atoms with Crippen LogP contribution in [0.2, 0.25) is 0 Å². The van der Waals surface area contributed by atoms with Gasteiger partial charge in [-0.05, 0) is 69.4 Å². The summed E-state index contributed by atoms with van der Waals surface area (Å²) in [6.45, 7) is 1.79. The van der Waals surface area contributed by atoms with Crippen molar-refractivity contribution in [3.63, 3.8) is 0 Å². The summed E-state index contributed by atoms with van der Waals surface area (Å²) in [5.74, 6) is 1.30. The Balaban J connectivity index is 1.10. The van der Waals surface area contributed by atoms with E-state index in [-0.39, 0.29) is 0 Å². The second kappa shape index (κ2) is 9.35. The molecule has 6 rings (SSSR count). The Morgan fingerprint density at radius 3 is 2.39 bits per heavy atom. The highest BCUT2D eigenvalue weighted by Gasteiger charge is 2.25. The minimum absolute atomic E-state index is 0.420. The number of ether oxygens (including phenoxy) is 1. The molecular formula is C25H33N7O. The second-order valence-corrected chi connectivity index (χ2v) is 9.82. The third-order valence-corrected chi connectivity index (χ3v) is 7.61. The van der Waals surface area contributed by atoms with Gasteiger partial charge in [0.05, 0.1) is 17.6 Å². The van der Waals surface area contributed by atoms with E-state index in [1.54, 1.807) is 0 Å². The topological polar surface area (TPSA) is 89.3 Å². The molecule has 3 aromatic heterocycles. The van der Waals surface area contributed by atoms with E-state index < -0.39 is 0 Å². The fraction of sp³-hybridized carbons (Fsp3) is 0.600. The van der Waals surface area contributed by atoms with E-state index >= 15 is 0 Å². The van der Waals surface area contributed by atoms with E-state index in [0.29, 0.717) is 30.0 Å². The maximum atomic E-state index is 5.48. The van der Waals surface area contributed by atoms with E-state index in [9.17, 15) is 0 Å². The van der Waals surface area contributed by atoms with Crippen LogP contribution in [0.4, 0.5) is 5.95 Å². The first kappa shape index (κ1) is 21.0. The van der Waals surface area contributed by atoms with E-state index in [1.165, 1.54) is 37.7 Å². The van der Waals surface area contributed by atoms with Crippen LogP contribution < -0.4 is 10.6 Å². The van der Waals surface area contributed by atoms with Gasteiger partial charge in [0.25, 0.3) is 0 Å². The lowest BCUT2D eigenvalue weighted by Crippen LogP contribution is -2.44. The maximum absolute atomic E-state index is 5.48. The fourth-order valence-electron chi connectivity index (χ4n) is 5.39. The largest absolute Gasteiger partial charge is 0.381 e. The van der Waals surface area contributed by atoms with Crippen molar-refractivity contribution < 1.29 is 4.74 Å². The molecule has 0 atom stereocenters. The van der Waals surface area contributed by atoms with Crippen LogP contribution in [0.25, 0.3) is 17.0 Å². The van der Waals surface area contributed by atoms with Crippen LogP contribution in [-0.2, 0) is 4.74 Å². The summed E-state index contributed by atoms with van der Waals surface area (Å²) >= 11 is 0. The molecule has 0 bridgehead atoms. The Labute approximate surface area is 194 Å². The molecule has 0 unspecified atom stereocenters. The summed E-state index contributed by atoms with van der Waals surface area (Å²) in [6.07, 6.45) is 16.5. The molecule has 3 fully saturated rings. The van der Waals surface area contributed by atoms with Crippen molar-refractivity contribution in [2.45, 2.75) is 81.8 Å². The number of fused-ring (bicyclic) bond motifs is 1. The van der Waals surface area contributed by atoms with E-state index in [1.807, 2.05) is 35.2 Å². The van der Waals surface area contributed by atoms with Crippen molar-refractivity contribution >= 4 is 11.6 Å². The predicted molar refractivity (Wildman–Crippen MR) is 127 cm³/mol. The number of hydrogen-bond donors (Lipinski definition) is 2. The molecule has 33 heavy (non-hydrogen) atoms. The zero-order valence-corrected chi connectivity index (χ0v) is 19.1. The lowest BCUT2D eigenvalue weighted by atomic mass is 9.81. The van der Waals surface area contributed by atoms with Gasteiger partial charge >= 0.3 is 0 Å². The van der Waals surface area contributed by atoms with E-state index in [0.717, 1.165) is 55.9 Å². The molecule has 1 saturated heterocycles. The smallest absolute Gasteiger partial charge is 0.223 e. The lowest BCUT2D eigenvalue weighted by molar-refractivity contribution is 0.0730. The first-order chi connectivity index (χ1) is 16.3. The summed E-state index contributed by atoms with van der Waals surface area (Å²) in [7, 11) is 0. The molecule has 0 amide bonds. The van der Waals surface area contributed by atoms with Gasteiger partial charge in [-0.15, -0.1) is 0 Å². The van der Waals surface area contributed by atoms with Crippen LogP contribution in [0.5, 0.6) is 0 Å². The third kappa shape index (κ3) is 4.59. The maximum Gasteiger partial charge on any atom is 0.223 e. The molecule has 8 nitrogen and oxygen atoms in total. The molecule has 3 aromatic rings. The molecule has 3 aliphatic rings. The van der Waals surface area contributed by atoms with Gasteiger partial charge in [0.1, 0.15) is 0 Å².